The van der Waals surface area contributed by atoms with E-state index >= 15 is 0 Å². The maximum Gasteiger partial charge on any atom is 0.156 e. The van der Waals surface area contributed by atoms with Crippen molar-refractivity contribution in [2.24, 2.45) is 0 Å². The molecule has 0 aliphatic heterocycles. The molecule has 0 radical (unpaired) electrons. The van der Waals surface area contributed by atoms with Gasteiger partial charge in [-0.25, -0.2) is 4.98 Å². The first-order chi connectivity index (χ1) is 5.92. The molecule has 0 aromatic carbocycles. The van der Waals surface area contributed by atoms with E-state index in [1.54, 1.807) is 24.2 Å². The van der Waals surface area contributed by atoms with Crippen molar-refractivity contribution in [2.45, 2.75) is 11.9 Å². The third-order valence-electron chi connectivity index (χ3n) is 1.58. The summed E-state index contributed by atoms with van der Waals surface area (Å²) in [7, 11) is 0. The Morgan fingerprint density at radius 1 is 1.50 bits per heavy atom. The highest BCUT2D eigenvalue weighted by atomic mass is 32.2. The molecule has 0 amide bonds. The first kappa shape index (κ1) is 7.61. The molecule has 0 saturated carbocycles. The Morgan fingerprint density at radius 2 is 2.42 bits per heavy atom. The molecule has 0 spiro atoms. The first-order valence-electron chi connectivity index (χ1n) is 3.81. The lowest BCUT2D eigenvalue weighted by atomic mass is 10.7. The smallest absolute Gasteiger partial charge is 0.156 e. The van der Waals surface area contributed by atoms with Gasteiger partial charge in [-0.05, 0) is 5.75 Å². The molecule has 2 rings (SSSR count). The molecule has 12 heavy (non-hydrogen) atoms. The Kier molecular flexibility index (Phi) is 1.99. The molecule has 62 valence electrons. The van der Waals surface area contributed by atoms with E-state index in [4.69, 9.17) is 0 Å². The molecule has 2 aromatic rings. The average molecular weight is 179 g/mol. The fourth-order valence-electron chi connectivity index (χ4n) is 1.07. The highest BCUT2D eigenvalue weighted by Crippen LogP contribution is 2.17. The fourth-order valence-corrected chi connectivity index (χ4v) is 1.79. The molecular formula is C8H9N3S. The van der Waals surface area contributed by atoms with E-state index in [9.17, 15) is 0 Å². The van der Waals surface area contributed by atoms with Crippen LogP contribution in [0, 0.1) is 0 Å². The van der Waals surface area contributed by atoms with Gasteiger partial charge in [0.25, 0.3) is 0 Å². The quantitative estimate of drug-likeness (QED) is 0.659. The van der Waals surface area contributed by atoms with Crippen LogP contribution in [-0.4, -0.2) is 20.1 Å². The van der Waals surface area contributed by atoms with Crippen LogP contribution in [0.15, 0.2) is 29.8 Å². The van der Waals surface area contributed by atoms with Crippen LogP contribution in [-0.2, 0) is 0 Å². The Labute approximate surface area is 74.8 Å². The summed E-state index contributed by atoms with van der Waals surface area (Å²) in [4.78, 5) is 8.21. The van der Waals surface area contributed by atoms with E-state index < -0.39 is 0 Å². The number of nitrogens with zero attached hydrogens (tertiary/aromatic N) is 3. The molecule has 0 bridgehead atoms. The van der Waals surface area contributed by atoms with Crippen LogP contribution in [0.25, 0.3) is 5.65 Å². The van der Waals surface area contributed by atoms with Crippen LogP contribution in [0.1, 0.15) is 6.92 Å². The van der Waals surface area contributed by atoms with Gasteiger partial charge in [0.2, 0.25) is 0 Å². The van der Waals surface area contributed by atoms with Gasteiger partial charge in [-0.3, -0.25) is 9.38 Å². The van der Waals surface area contributed by atoms with Crippen molar-refractivity contribution in [3.63, 3.8) is 0 Å². The van der Waals surface area contributed by atoms with Gasteiger partial charge in [0.15, 0.2) is 5.65 Å². The summed E-state index contributed by atoms with van der Waals surface area (Å²) >= 11 is 1.78. The number of aromatic nitrogens is 3. The van der Waals surface area contributed by atoms with E-state index in [0.717, 1.165) is 11.4 Å². The van der Waals surface area contributed by atoms with Crippen molar-refractivity contribution in [3.8, 4) is 0 Å². The molecular weight excluding hydrogens is 170 g/mol. The zero-order chi connectivity index (χ0) is 8.39. The largest absolute Gasteiger partial charge is 0.292 e. The Hall–Kier alpha value is -1.03. The maximum atomic E-state index is 4.22. The number of fused-ring (bicyclic) bond motifs is 1. The third kappa shape index (κ3) is 1.18. The lowest BCUT2D eigenvalue weighted by Gasteiger charge is -1.96. The van der Waals surface area contributed by atoms with Gasteiger partial charge >= 0.3 is 0 Å². The van der Waals surface area contributed by atoms with Crippen molar-refractivity contribution in [3.05, 3.63) is 24.8 Å². The predicted octanol–water partition coefficient (Wildman–Crippen LogP) is 1.84. The zero-order valence-corrected chi connectivity index (χ0v) is 7.58. The second kappa shape index (κ2) is 3.15. The highest BCUT2D eigenvalue weighted by Gasteiger charge is 2.00. The van der Waals surface area contributed by atoms with Crippen molar-refractivity contribution in [1.29, 1.82) is 0 Å². The molecule has 0 atom stereocenters. The highest BCUT2D eigenvalue weighted by molar-refractivity contribution is 7.99. The molecule has 2 aromatic heterocycles. The number of thioether (sulfide) groups is 1. The summed E-state index contributed by atoms with van der Waals surface area (Å²) in [5.74, 6) is 1.07. The SMILES string of the molecule is CCSc1cnc2cnccn12. The Balaban J connectivity index is 2.55. The van der Waals surface area contributed by atoms with Crippen LogP contribution in [0.5, 0.6) is 0 Å². The standard InChI is InChI=1S/C8H9N3S/c1-2-12-8-6-10-7-5-9-3-4-11(7)8/h3-6H,2H2,1H3. The summed E-state index contributed by atoms with van der Waals surface area (Å²) in [5, 5.41) is 1.18. The van der Waals surface area contributed by atoms with Crippen LogP contribution in [0.2, 0.25) is 0 Å². The van der Waals surface area contributed by atoms with Crippen molar-refractivity contribution in [1.82, 2.24) is 14.4 Å². The summed E-state index contributed by atoms with van der Waals surface area (Å²) in [6.45, 7) is 2.13. The van der Waals surface area contributed by atoms with Crippen LogP contribution in [0.4, 0.5) is 0 Å². The third-order valence-corrected chi connectivity index (χ3v) is 2.46. The van der Waals surface area contributed by atoms with E-state index in [2.05, 4.69) is 16.9 Å². The second-order valence-corrected chi connectivity index (χ2v) is 3.62. The minimum absolute atomic E-state index is 0.911. The van der Waals surface area contributed by atoms with Gasteiger partial charge in [-0.1, -0.05) is 6.92 Å². The van der Waals surface area contributed by atoms with Crippen molar-refractivity contribution < 1.29 is 0 Å². The molecule has 0 N–H and O–H groups in total. The summed E-state index contributed by atoms with van der Waals surface area (Å²) in [6, 6.07) is 0. The van der Waals surface area contributed by atoms with Crippen molar-refractivity contribution in [2.75, 3.05) is 5.75 Å². The summed E-state index contributed by atoms with van der Waals surface area (Å²) < 4.78 is 2.04. The van der Waals surface area contributed by atoms with Crippen molar-refractivity contribution >= 4 is 17.4 Å². The van der Waals surface area contributed by atoms with E-state index in [0.29, 0.717) is 0 Å². The molecule has 0 saturated heterocycles. The first-order valence-corrected chi connectivity index (χ1v) is 4.80. The van der Waals surface area contributed by atoms with Gasteiger partial charge in [0, 0.05) is 12.4 Å². The molecule has 2 heterocycles. The molecule has 0 unspecified atom stereocenters. The number of imidazole rings is 1. The summed E-state index contributed by atoms with van der Waals surface area (Å²) in [5.41, 5.74) is 0.911. The second-order valence-electron chi connectivity index (χ2n) is 2.33. The number of rotatable bonds is 2. The maximum absolute atomic E-state index is 4.22. The van der Waals surface area contributed by atoms with E-state index in [-0.39, 0.29) is 0 Å². The minimum atomic E-state index is 0.911. The zero-order valence-electron chi connectivity index (χ0n) is 6.77. The molecule has 3 nitrogen and oxygen atoms in total. The molecule has 0 aliphatic rings. The van der Waals surface area contributed by atoms with Crippen LogP contribution in [0.3, 0.4) is 0 Å². The molecule has 0 fully saturated rings. The lowest BCUT2D eigenvalue weighted by Crippen LogP contribution is -1.86. The topological polar surface area (TPSA) is 30.2 Å². The monoisotopic (exact) mass is 179 g/mol. The Morgan fingerprint density at radius 3 is 3.25 bits per heavy atom. The van der Waals surface area contributed by atoms with E-state index in [1.807, 2.05) is 16.8 Å². The van der Waals surface area contributed by atoms with Gasteiger partial charge in [-0.15, -0.1) is 11.8 Å². The van der Waals surface area contributed by atoms with Gasteiger partial charge in [-0.2, -0.15) is 0 Å². The fraction of sp³-hybridized carbons (Fsp3) is 0.250. The predicted molar refractivity (Wildman–Crippen MR) is 49.4 cm³/mol. The summed E-state index contributed by atoms with van der Waals surface area (Å²) in [6.07, 6.45) is 7.35. The lowest BCUT2D eigenvalue weighted by molar-refractivity contribution is 1.02. The van der Waals surface area contributed by atoms with Gasteiger partial charge < -0.3 is 0 Å². The normalized spacial score (nSPS) is 10.8. The molecule has 0 aliphatic carbocycles. The van der Waals surface area contributed by atoms with Crippen LogP contribution >= 0.6 is 11.8 Å². The van der Waals surface area contributed by atoms with Crippen LogP contribution < -0.4 is 0 Å². The average Bonchev–Trinajstić information content (AvgIpc) is 2.50. The minimum Gasteiger partial charge on any atom is -0.292 e. The van der Waals surface area contributed by atoms with E-state index in [1.165, 1.54) is 5.03 Å². The molecule has 4 heteroatoms. The number of hydrogen-bond acceptors (Lipinski definition) is 3. The van der Waals surface area contributed by atoms with Gasteiger partial charge in [0.1, 0.15) is 0 Å². The Bertz CT molecular complexity index is 382. The number of hydrogen-bond donors (Lipinski definition) is 0. The van der Waals surface area contributed by atoms with Gasteiger partial charge in [0.05, 0.1) is 17.4 Å².